The van der Waals surface area contributed by atoms with Crippen molar-refractivity contribution in [3.05, 3.63) is 53.3 Å². The molecular weight excluding hydrogens is 432 g/mol. The third kappa shape index (κ3) is 4.34. The largest absolute Gasteiger partial charge is 0.453 e. The number of rotatable bonds is 4. The van der Waals surface area contributed by atoms with Crippen LogP contribution in [0.5, 0.6) is 0 Å². The summed E-state index contributed by atoms with van der Waals surface area (Å²) < 4.78 is 36.3. The number of benzene rings is 1. The maximum Gasteiger partial charge on any atom is 0.409 e. The van der Waals surface area contributed by atoms with Crippen molar-refractivity contribution >= 4 is 21.8 Å². The molecule has 10 heteroatoms. The van der Waals surface area contributed by atoms with Crippen LogP contribution in [0.1, 0.15) is 16.8 Å². The van der Waals surface area contributed by atoms with Crippen molar-refractivity contribution in [2.24, 2.45) is 5.14 Å². The minimum Gasteiger partial charge on any atom is -0.453 e. The maximum atomic E-state index is 12.0. The Morgan fingerprint density at radius 3 is 2.75 bits per heavy atom. The lowest BCUT2D eigenvalue weighted by Gasteiger charge is -2.32. The van der Waals surface area contributed by atoms with Crippen LogP contribution in [0.4, 0.5) is 4.79 Å². The van der Waals surface area contributed by atoms with Crippen LogP contribution in [0.25, 0.3) is 16.9 Å². The van der Waals surface area contributed by atoms with Gasteiger partial charge in [-0.05, 0) is 49.2 Å². The third-order valence-corrected chi connectivity index (χ3v) is 6.57. The van der Waals surface area contributed by atoms with E-state index in [9.17, 15) is 13.2 Å². The van der Waals surface area contributed by atoms with Gasteiger partial charge < -0.3 is 18.8 Å². The van der Waals surface area contributed by atoms with Gasteiger partial charge in [-0.2, -0.15) is 0 Å². The van der Waals surface area contributed by atoms with E-state index in [0.717, 1.165) is 33.7 Å². The van der Waals surface area contributed by atoms with Crippen LogP contribution < -0.4 is 5.14 Å². The standard InChI is InChI=1S/C22H26N4O5S/c1-14-6-7-26-19(12-16-13-25(8-9-31-16)22(27)30-3)21(24-20(26)10-14)18-5-4-17(11-15(18)2)32(23,28)29/h4-7,10-11,16H,8-9,12-13H2,1-3H3,(H2,23,28,29)/t16-/m0/s1. The minimum atomic E-state index is -3.80. The molecule has 0 spiro atoms. The van der Waals surface area contributed by atoms with Crippen LogP contribution in [0.3, 0.4) is 0 Å². The molecule has 3 heterocycles. The van der Waals surface area contributed by atoms with E-state index in [-0.39, 0.29) is 17.1 Å². The number of morpholine rings is 1. The van der Waals surface area contributed by atoms with Crippen molar-refractivity contribution in [2.75, 3.05) is 26.8 Å². The van der Waals surface area contributed by atoms with E-state index < -0.39 is 10.0 Å². The van der Waals surface area contributed by atoms with E-state index in [2.05, 4.69) is 0 Å². The van der Waals surface area contributed by atoms with Gasteiger partial charge in [0.25, 0.3) is 0 Å². The van der Waals surface area contributed by atoms with E-state index in [1.807, 2.05) is 36.6 Å². The highest BCUT2D eigenvalue weighted by atomic mass is 32.2. The third-order valence-electron chi connectivity index (χ3n) is 5.65. The fourth-order valence-corrected chi connectivity index (χ4v) is 4.64. The smallest absolute Gasteiger partial charge is 0.409 e. The predicted octanol–water partition coefficient (Wildman–Crippen LogP) is 2.28. The van der Waals surface area contributed by atoms with Gasteiger partial charge in [0, 0.05) is 24.7 Å². The Labute approximate surface area is 186 Å². The molecule has 0 aliphatic carbocycles. The van der Waals surface area contributed by atoms with E-state index in [1.54, 1.807) is 17.0 Å². The monoisotopic (exact) mass is 458 g/mol. The molecule has 1 aliphatic heterocycles. The quantitative estimate of drug-likeness (QED) is 0.641. The number of aromatic nitrogens is 2. The van der Waals surface area contributed by atoms with Gasteiger partial charge in [0.05, 0.1) is 42.6 Å². The molecule has 2 aromatic heterocycles. The summed E-state index contributed by atoms with van der Waals surface area (Å²) in [6, 6.07) is 8.77. The highest BCUT2D eigenvalue weighted by Gasteiger charge is 2.28. The molecule has 0 radical (unpaired) electrons. The second-order valence-corrected chi connectivity index (χ2v) is 9.54. The number of ether oxygens (including phenoxy) is 2. The zero-order chi connectivity index (χ0) is 23.0. The average molecular weight is 459 g/mol. The second kappa shape index (κ2) is 8.53. The summed E-state index contributed by atoms with van der Waals surface area (Å²) in [5.41, 5.74) is 5.09. The number of carbonyl (C=O) groups excluding carboxylic acids is 1. The number of nitrogens with zero attached hydrogens (tertiary/aromatic N) is 3. The summed E-state index contributed by atoms with van der Waals surface area (Å²) in [6.07, 6.45) is 1.88. The number of pyridine rings is 1. The van der Waals surface area contributed by atoms with Crippen LogP contribution in [0.15, 0.2) is 41.4 Å². The Morgan fingerprint density at radius 2 is 2.06 bits per heavy atom. The van der Waals surface area contributed by atoms with Crippen molar-refractivity contribution in [1.82, 2.24) is 14.3 Å². The fourth-order valence-electron chi connectivity index (χ4n) is 4.04. The maximum absolute atomic E-state index is 12.0. The van der Waals surface area contributed by atoms with E-state index in [4.69, 9.17) is 19.6 Å². The van der Waals surface area contributed by atoms with Crippen LogP contribution in [-0.4, -0.2) is 61.7 Å². The molecule has 1 fully saturated rings. The normalized spacial score (nSPS) is 17.0. The Hall–Kier alpha value is -2.95. The van der Waals surface area contributed by atoms with Crippen LogP contribution in [-0.2, 0) is 25.9 Å². The van der Waals surface area contributed by atoms with E-state index >= 15 is 0 Å². The number of amides is 1. The molecule has 4 rings (SSSR count). The Bertz CT molecular complexity index is 1280. The van der Waals surface area contributed by atoms with Crippen molar-refractivity contribution in [1.29, 1.82) is 0 Å². The van der Waals surface area contributed by atoms with Crippen molar-refractivity contribution in [2.45, 2.75) is 31.3 Å². The molecule has 1 aromatic carbocycles. The van der Waals surface area contributed by atoms with Gasteiger partial charge in [0.15, 0.2) is 0 Å². The molecule has 0 unspecified atom stereocenters. The number of nitrogens with two attached hydrogens (primary N) is 1. The summed E-state index contributed by atoms with van der Waals surface area (Å²) >= 11 is 0. The lowest BCUT2D eigenvalue weighted by atomic mass is 10.0. The summed E-state index contributed by atoms with van der Waals surface area (Å²) in [5, 5.41) is 5.29. The number of fused-ring (bicyclic) bond motifs is 1. The number of primary sulfonamides is 1. The van der Waals surface area contributed by atoms with Gasteiger partial charge in [0.2, 0.25) is 10.0 Å². The molecule has 1 aliphatic rings. The van der Waals surface area contributed by atoms with Gasteiger partial charge in [-0.1, -0.05) is 6.07 Å². The van der Waals surface area contributed by atoms with Gasteiger partial charge in [-0.25, -0.2) is 23.3 Å². The second-order valence-electron chi connectivity index (χ2n) is 7.97. The number of carbonyl (C=O) groups is 1. The first kappa shape index (κ1) is 22.3. The molecule has 9 nitrogen and oxygen atoms in total. The fraction of sp³-hybridized carbons (Fsp3) is 0.364. The van der Waals surface area contributed by atoms with Crippen molar-refractivity contribution in [3.8, 4) is 11.3 Å². The number of methoxy groups -OCH3 is 1. The molecule has 2 N–H and O–H groups in total. The number of aryl methyl sites for hydroxylation is 2. The van der Waals surface area contributed by atoms with Gasteiger partial charge in [-0.15, -0.1) is 0 Å². The van der Waals surface area contributed by atoms with Gasteiger partial charge in [0.1, 0.15) is 5.65 Å². The first-order valence-corrected chi connectivity index (χ1v) is 11.8. The molecule has 1 saturated heterocycles. The molecule has 1 amide bonds. The minimum absolute atomic E-state index is 0.0595. The van der Waals surface area contributed by atoms with Crippen molar-refractivity contribution in [3.63, 3.8) is 0 Å². The van der Waals surface area contributed by atoms with Crippen LogP contribution in [0.2, 0.25) is 0 Å². The molecule has 0 saturated carbocycles. The summed E-state index contributed by atoms with van der Waals surface area (Å²) in [5.74, 6) is 0. The number of imidazole rings is 1. The SMILES string of the molecule is COC(=O)N1CCO[C@@H](Cc2c(-c3ccc(S(N)(=O)=O)cc3C)nc3cc(C)ccn23)C1. The first-order valence-electron chi connectivity index (χ1n) is 10.2. The Kier molecular flexibility index (Phi) is 5.93. The summed E-state index contributed by atoms with van der Waals surface area (Å²) in [6.45, 7) is 5.15. The number of hydrogen-bond acceptors (Lipinski definition) is 6. The Balaban J connectivity index is 1.77. The molecule has 1 atom stereocenters. The molecular formula is C22H26N4O5S. The zero-order valence-corrected chi connectivity index (χ0v) is 19.1. The molecule has 3 aromatic rings. The van der Waals surface area contributed by atoms with Gasteiger partial charge in [-0.3, -0.25) is 0 Å². The van der Waals surface area contributed by atoms with E-state index in [1.165, 1.54) is 13.2 Å². The highest BCUT2D eigenvalue weighted by molar-refractivity contribution is 7.89. The predicted molar refractivity (Wildman–Crippen MR) is 119 cm³/mol. The van der Waals surface area contributed by atoms with E-state index in [0.29, 0.717) is 26.1 Å². The van der Waals surface area contributed by atoms with Crippen molar-refractivity contribution < 1.29 is 22.7 Å². The van der Waals surface area contributed by atoms with Crippen LogP contribution in [0, 0.1) is 13.8 Å². The first-order chi connectivity index (χ1) is 15.2. The molecule has 0 bridgehead atoms. The number of sulfonamides is 1. The zero-order valence-electron chi connectivity index (χ0n) is 18.2. The molecule has 170 valence electrons. The lowest BCUT2D eigenvalue weighted by molar-refractivity contribution is -0.0241. The summed E-state index contributed by atoms with van der Waals surface area (Å²) in [7, 11) is -2.43. The van der Waals surface area contributed by atoms with Gasteiger partial charge >= 0.3 is 6.09 Å². The molecule has 32 heavy (non-hydrogen) atoms. The summed E-state index contributed by atoms with van der Waals surface area (Å²) in [4.78, 5) is 18.5. The lowest BCUT2D eigenvalue weighted by Crippen LogP contribution is -2.46. The highest BCUT2D eigenvalue weighted by Crippen LogP contribution is 2.30. The average Bonchev–Trinajstić information content (AvgIpc) is 3.09. The number of hydrogen-bond donors (Lipinski definition) is 1. The Morgan fingerprint density at radius 1 is 1.28 bits per heavy atom. The topological polar surface area (TPSA) is 116 Å². The van der Waals surface area contributed by atoms with Crippen LogP contribution >= 0.6 is 0 Å².